The van der Waals surface area contributed by atoms with Crippen molar-refractivity contribution in [2.45, 2.75) is 45.4 Å². The van der Waals surface area contributed by atoms with Crippen LogP contribution in [0.5, 0.6) is 0 Å². The number of piperidine rings is 1. The summed E-state index contributed by atoms with van der Waals surface area (Å²) in [5.74, 6) is 0.0834. The topological polar surface area (TPSA) is 57.6 Å². The number of carbonyl (C=O) groups excluding carboxylic acids is 1. The molecule has 3 atom stereocenters. The minimum atomic E-state index is -0.714. The normalized spacial score (nSPS) is 26.2. The van der Waals surface area contributed by atoms with E-state index in [4.69, 9.17) is 5.11 Å². The van der Waals surface area contributed by atoms with Crippen molar-refractivity contribution in [2.24, 2.45) is 17.8 Å². The zero-order chi connectivity index (χ0) is 18.0. The molecule has 1 aromatic carbocycles. The lowest BCUT2D eigenvalue weighted by molar-refractivity contribution is -0.138. The van der Waals surface area contributed by atoms with Crippen LogP contribution in [0.3, 0.4) is 0 Å². The van der Waals surface area contributed by atoms with Crippen molar-refractivity contribution in [2.75, 3.05) is 13.1 Å². The monoisotopic (exact) mass is 347 g/mol. The molecular formula is C20H26FNO3. The van der Waals surface area contributed by atoms with Crippen LogP contribution in [0.15, 0.2) is 18.2 Å². The molecule has 4 nitrogen and oxygen atoms in total. The van der Waals surface area contributed by atoms with E-state index in [2.05, 4.69) is 0 Å². The van der Waals surface area contributed by atoms with Gasteiger partial charge in [-0.05, 0) is 73.6 Å². The number of carboxylic acids is 1. The van der Waals surface area contributed by atoms with Gasteiger partial charge >= 0.3 is 5.97 Å². The average Bonchev–Trinajstić information content (AvgIpc) is 2.59. The Balaban J connectivity index is 1.64. The third kappa shape index (κ3) is 4.20. The fourth-order valence-corrected chi connectivity index (χ4v) is 4.49. The second-order valence-corrected chi connectivity index (χ2v) is 7.54. The average molecular weight is 347 g/mol. The molecule has 2 aliphatic rings. The fraction of sp³-hybridized carbons (Fsp3) is 0.600. The van der Waals surface area contributed by atoms with E-state index in [9.17, 15) is 14.0 Å². The first kappa shape index (κ1) is 17.9. The van der Waals surface area contributed by atoms with Gasteiger partial charge < -0.3 is 10.0 Å². The summed E-state index contributed by atoms with van der Waals surface area (Å²) in [5, 5.41) is 8.98. The number of carboxylic acid groups (broad SMARTS) is 1. The number of hydrogen-bond donors (Lipinski definition) is 1. The molecule has 3 rings (SSSR count). The summed E-state index contributed by atoms with van der Waals surface area (Å²) < 4.78 is 13.7. The predicted molar refractivity (Wildman–Crippen MR) is 92.9 cm³/mol. The number of amides is 1. The molecule has 2 fully saturated rings. The SMILES string of the molecule is CCc1cc(F)cc(C(=O)N2CCC3CC(CC(=O)O)CCC3C2)c1. The van der Waals surface area contributed by atoms with Gasteiger partial charge in [-0.25, -0.2) is 4.39 Å². The maximum absolute atomic E-state index is 13.7. The van der Waals surface area contributed by atoms with Gasteiger partial charge in [0.05, 0.1) is 0 Å². The van der Waals surface area contributed by atoms with Crippen LogP contribution in [0.25, 0.3) is 0 Å². The molecule has 1 amide bonds. The standard InChI is InChI=1S/C20H26FNO3/c1-2-13-7-17(11-18(21)9-13)20(25)22-6-5-15-8-14(10-19(23)24)3-4-16(15)12-22/h7,9,11,14-16H,2-6,8,10,12H2,1H3,(H,23,24). The first-order chi connectivity index (χ1) is 12.0. The molecule has 1 heterocycles. The Kier molecular flexibility index (Phi) is 5.40. The predicted octanol–water partition coefficient (Wildman–Crippen LogP) is 3.74. The molecule has 25 heavy (non-hydrogen) atoms. The number of likely N-dealkylation sites (tertiary alicyclic amines) is 1. The number of carbonyl (C=O) groups is 2. The van der Waals surface area contributed by atoms with Crippen molar-refractivity contribution in [1.82, 2.24) is 4.90 Å². The van der Waals surface area contributed by atoms with Gasteiger partial charge in [-0.15, -0.1) is 0 Å². The van der Waals surface area contributed by atoms with Gasteiger partial charge in [-0.3, -0.25) is 9.59 Å². The van der Waals surface area contributed by atoms with Gasteiger partial charge in [-0.2, -0.15) is 0 Å². The maximum atomic E-state index is 13.7. The van der Waals surface area contributed by atoms with Crippen molar-refractivity contribution >= 4 is 11.9 Å². The largest absolute Gasteiger partial charge is 0.481 e. The second-order valence-electron chi connectivity index (χ2n) is 7.54. The summed E-state index contributed by atoms with van der Waals surface area (Å²) in [6.07, 6.45) is 4.75. The number of aliphatic carboxylic acids is 1. The van der Waals surface area contributed by atoms with Crippen LogP contribution in [-0.2, 0) is 11.2 Å². The molecule has 1 saturated carbocycles. The fourth-order valence-electron chi connectivity index (χ4n) is 4.49. The number of fused-ring (bicyclic) bond motifs is 1. The van der Waals surface area contributed by atoms with Crippen LogP contribution in [0.4, 0.5) is 4.39 Å². The van der Waals surface area contributed by atoms with E-state index in [0.29, 0.717) is 36.9 Å². The van der Waals surface area contributed by atoms with Gasteiger partial charge in [0.15, 0.2) is 0 Å². The smallest absolute Gasteiger partial charge is 0.303 e. The highest BCUT2D eigenvalue weighted by atomic mass is 19.1. The number of rotatable bonds is 4. The van der Waals surface area contributed by atoms with Crippen LogP contribution in [0, 0.1) is 23.6 Å². The van der Waals surface area contributed by atoms with Gasteiger partial charge in [0, 0.05) is 25.1 Å². The molecule has 1 aliphatic heterocycles. The van der Waals surface area contributed by atoms with E-state index in [0.717, 1.165) is 31.2 Å². The summed E-state index contributed by atoms with van der Waals surface area (Å²) in [5.41, 5.74) is 1.28. The zero-order valence-corrected chi connectivity index (χ0v) is 14.7. The number of aryl methyl sites for hydroxylation is 1. The molecule has 0 spiro atoms. The van der Waals surface area contributed by atoms with Crippen molar-refractivity contribution in [3.05, 3.63) is 35.1 Å². The van der Waals surface area contributed by atoms with E-state index in [-0.39, 0.29) is 24.1 Å². The van der Waals surface area contributed by atoms with Crippen molar-refractivity contribution < 1.29 is 19.1 Å². The minimum absolute atomic E-state index is 0.0830. The molecular weight excluding hydrogens is 321 g/mol. The van der Waals surface area contributed by atoms with Crippen LogP contribution in [0.1, 0.15) is 54.9 Å². The van der Waals surface area contributed by atoms with Crippen LogP contribution >= 0.6 is 0 Å². The molecule has 136 valence electrons. The molecule has 0 aromatic heterocycles. The Morgan fingerprint density at radius 1 is 1.20 bits per heavy atom. The number of nitrogens with zero attached hydrogens (tertiary/aromatic N) is 1. The summed E-state index contributed by atoms with van der Waals surface area (Å²) >= 11 is 0. The van der Waals surface area contributed by atoms with Crippen LogP contribution in [0.2, 0.25) is 0 Å². The molecule has 5 heteroatoms. The second kappa shape index (κ2) is 7.54. The molecule has 0 bridgehead atoms. The minimum Gasteiger partial charge on any atom is -0.481 e. The van der Waals surface area contributed by atoms with Crippen LogP contribution < -0.4 is 0 Å². The van der Waals surface area contributed by atoms with Gasteiger partial charge in [0.2, 0.25) is 0 Å². The third-order valence-electron chi connectivity index (χ3n) is 5.84. The molecule has 0 radical (unpaired) electrons. The van der Waals surface area contributed by atoms with E-state index in [1.807, 2.05) is 11.8 Å². The van der Waals surface area contributed by atoms with E-state index in [1.165, 1.54) is 12.1 Å². The van der Waals surface area contributed by atoms with E-state index in [1.54, 1.807) is 6.07 Å². The lowest BCUT2D eigenvalue weighted by Gasteiger charge is -2.43. The number of hydrogen-bond acceptors (Lipinski definition) is 2. The lowest BCUT2D eigenvalue weighted by Crippen LogP contribution is -2.46. The Morgan fingerprint density at radius 2 is 2.00 bits per heavy atom. The number of benzene rings is 1. The molecule has 1 aromatic rings. The highest BCUT2D eigenvalue weighted by molar-refractivity contribution is 5.94. The zero-order valence-electron chi connectivity index (χ0n) is 14.7. The Labute approximate surface area is 148 Å². The Bertz CT molecular complexity index is 660. The summed E-state index contributed by atoms with van der Waals surface area (Å²) in [4.78, 5) is 25.6. The van der Waals surface area contributed by atoms with E-state index >= 15 is 0 Å². The summed E-state index contributed by atoms with van der Waals surface area (Å²) in [6, 6.07) is 4.60. The van der Waals surface area contributed by atoms with Crippen molar-refractivity contribution in [1.29, 1.82) is 0 Å². The van der Waals surface area contributed by atoms with Crippen molar-refractivity contribution in [3.63, 3.8) is 0 Å². The summed E-state index contributed by atoms with van der Waals surface area (Å²) in [6.45, 7) is 3.34. The Hall–Kier alpha value is -1.91. The quantitative estimate of drug-likeness (QED) is 0.903. The molecule has 1 N–H and O–H groups in total. The maximum Gasteiger partial charge on any atom is 0.303 e. The molecule has 3 unspecified atom stereocenters. The number of halogens is 1. The van der Waals surface area contributed by atoms with Crippen molar-refractivity contribution in [3.8, 4) is 0 Å². The highest BCUT2D eigenvalue weighted by Gasteiger charge is 2.36. The van der Waals surface area contributed by atoms with Crippen LogP contribution in [-0.4, -0.2) is 35.0 Å². The molecule has 1 saturated heterocycles. The lowest BCUT2D eigenvalue weighted by atomic mass is 9.70. The first-order valence-electron chi connectivity index (χ1n) is 9.26. The van der Waals surface area contributed by atoms with Gasteiger partial charge in [0.25, 0.3) is 5.91 Å². The van der Waals surface area contributed by atoms with Gasteiger partial charge in [-0.1, -0.05) is 6.92 Å². The summed E-state index contributed by atoms with van der Waals surface area (Å²) in [7, 11) is 0. The first-order valence-corrected chi connectivity index (χ1v) is 9.26. The highest BCUT2D eigenvalue weighted by Crippen LogP contribution is 2.40. The van der Waals surface area contributed by atoms with Gasteiger partial charge in [0.1, 0.15) is 5.82 Å². The third-order valence-corrected chi connectivity index (χ3v) is 5.84. The molecule has 1 aliphatic carbocycles. The van der Waals surface area contributed by atoms with E-state index < -0.39 is 5.97 Å². The Morgan fingerprint density at radius 3 is 2.72 bits per heavy atom.